The SMILES string of the molecule is CCCCCCCCCCCCc1ccccc1.O=S=O.[NaH]. The summed E-state index contributed by atoms with van der Waals surface area (Å²) in [5, 5.41) is 0. The molecule has 0 aliphatic heterocycles. The van der Waals surface area contributed by atoms with Crippen molar-refractivity contribution in [2.45, 2.75) is 77.6 Å². The second kappa shape index (κ2) is 21.0. The molecule has 22 heavy (non-hydrogen) atoms. The Labute approximate surface area is 162 Å². The van der Waals surface area contributed by atoms with Gasteiger partial charge >= 0.3 is 41.1 Å². The fourth-order valence-electron chi connectivity index (χ4n) is 2.46. The normalized spacial score (nSPS) is 9.32. The van der Waals surface area contributed by atoms with E-state index in [-0.39, 0.29) is 29.6 Å². The maximum absolute atomic E-state index is 8.29. The molecule has 0 aliphatic rings. The second-order valence-electron chi connectivity index (χ2n) is 5.49. The first kappa shape index (κ1) is 24.3. The number of rotatable bonds is 11. The predicted molar refractivity (Wildman–Crippen MR) is 98.1 cm³/mol. The van der Waals surface area contributed by atoms with E-state index in [9.17, 15) is 0 Å². The topological polar surface area (TPSA) is 34.1 Å². The standard InChI is InChI=1S/C18H30.Na.O2S.H/c1-2-3-4-5-6-7-8-9-10-12-15-18-16-13-11-14-17-18;;1-3-2;/h11,13-14,16-17H,2-10,12,15H2,1H3;;;. The van der Waals surface area contributed by atoms with E-state index in [1.54, 1.807) is 0 Å². The van der Waals surface area contributed by atoms with Gasteiger partial charge in [-0.1, -0.05) is 95.0 Å². The van der Waals surface area contributed by atoms with E-state index in [1.165, 1.54) is 76.2 Å². The fraction of sp³-hybridized carbons (Fsp3) is 0.667. The van der Waals surface area contributed by atoms with Crippen LogP contribution in [-0.2, 0) is 18.0 Å². The monoisotopic (exact) mass is 334 g/mol. The molecule has 0 saturated heterocycles. The molecule has 122 valence electrons. The number of aryl methyl sites for hydroxylation is 1. The van der Waals surface area contributed by atoms with Crippen molar-refractivity contribution in [3.05, 3.63) is 35.9 Å². The molecule has 0 N–H and O–H groups in total. The second-order valence-corrected chi connectivity index (χ2v) is 5.62. The van der Waals surface area contributed by atoms with Gasteiger partial charge in [-0.2, -0.15) is 8.42 Å². The predicted octanol–water partition coefficient (Wildman–Crippen LogP) is 4.83. The first-order valence-electron chi connectivity index (χ1n) is 8.30. The molecule has 0 heterocycles. The molecule has 1 aromatic rings. The summed E-state index contributed by atoms with van der Waals surface area (Å²) < 4.78 is 16.6. The Morgan fingerprint density at radius 3 is 1.59 bits per heavy atom. The van der Waals surface area contributed by atoms with Gasteiger partial charge in [-0.15, -0.1) is 0 Å². The van der Waals surface area contributed by atoms with Crippen molar-refractivity contribution in [3.8, 4) is 0 Å². The molecule has 1 aromatic carbocycles. The molecule has 0 aliphatic carbocycles. The van der Waals surface area contributed by atoms with Crippen LogP contribution in [0.25, 0.3) is 0 Å². The van der Waals surface area contributed by atoms with Crippen molar-refractivity contribution < 1.29 is 8.42 Å². The molecule has 0 spiro atoms. The first-order valence-corrected chi connectivity index (χ1v) is 8.97. The van der Waals surface area contributed by atoms with E-state index in [4.69, 9.17) is 8.42 Å². The first-order chi connectivity index (χ1) is 10.3. The number of hydrogen-bond acceptors (Lipinski definition) is 2. The third-order valence-electron chi connectivity index (χ3n) is 3.66. The third kappa shape index (κ3) is 18.1. The summed E-state index contributed by atoms with van der Waals surface area (Å²) >= 11 is -0.750. The van der Waals surface area contributed by atoms with E-state index in [2.05, 4.69) is 37.3 Å². The average molecular weight is 335 g/mol. The Hall–Kier alpha value is 0.0400. The molecule has 0 amide bonds. The minimum atomic E-state index is -0.750. The quantitative estimate of drug-likeness (QED) is 0.429. The molecule has 0 fully saturated rings. The summed E-state index contributed by atoms with van der Waals surface area (Å²) in [7, 11) is 0. The van der Waals surface area contributed by atoms with Gasteiger partial charge in [0.15, 0.2) is 0 Å². The van der Waals surface area contributed by atoms with E-state index in [0.717, 1.165) is 0 Å². The minimum absolute atomic E-state index is 0. The Bertz CT molecular complexity index is 351. The summed E-state index contributed by atoms with van der Waals surface area (Å²) in [4.78, 5) is 0. The van der Waals surface area contributed by atoms with Gasteiger partial charge in [0, 0.05) is 0 Å². The summed E-state index contributed by atoms with van der Waals surface area (Å²) in [5.74, 6) is 0. The van der Waals surface area contributed by atoms with Gasteiger partial charge in [-0.05, 0) is 18.4 Å². The van der Waals surface area contributed by atoms with Crippen LogP contribution in [0.4, 0.5) is 0 Å². The molecule has 2 nitrogen and oxygen atoms in total. The van der Waals surface area contributed by atoms with Crippen LogP contribution in [0.2, 0.25) is 0 Å². The van der Waals surface area contributed by atoms with Crippen LogP contribution < -0.4 is 0 Å². The number of benzene rings is 1. The zero-order chi connectivity index (χ0) is 15.6. The van der Waals surface area contributed by atoms with Crippen LogP contribution in [-0.4, -0.2) is 38.0 Å². The van der Waals surface area contributed by atoms with E-state index in [0.29, 0.717) is 0 Å². The summed E-state index contributed by atoms with van der Waals surface area (Å²) in [5.41, 5.74) is 1.50. The van der Waals surface area contributed by atoms with Gasteiger partial charge in [0.1, 0.15) is 0 Å². The molecular formula is C18H31NaO2S. The summed E-state index contributed by atoms with van der Waals surface area (Å²) in [6, 6.07) is 10.9. The van der Waals surface area contributed by atoms with Crippen LogP contribution in [0.5, 0.6) is 0 Å². The van der Waals surface area contributed by atoms with Crippen molar-refractivity contribution >= 4 is 41.1 Å². The van der Waals surface area contributed by atoms with E-state index in [1.807, 2.05) is 0 Å². The van der Waals surface area contributed by atoms with Crippen molar-refractivity contribution in [1.29, 1.82) is 0 Å². The van der Waals surface area contributed by atoms with Gasteiger partial charge in [-0.3, -0.25) is 0 Å². The Morgan fingerprint density at radius 1 is 0.727 bits per heavy atom. The molecular weight excluding hydrogens is 303 g/mol. The molecule has 0 atom stereocenters. The molecule has 0 unspecified atom stereocenters. The fourth-order valence-corrected chi connectivity index (χ4v) is 2.46. The van der Waals surface area contributed by atoms with Crippen LogP contribution in [0.15, 0.2) is 30.3 Å². The Balaban J connectivity index is 0. The van der Waals surface area contributed by atoms with Gasteiger partial charge in [0.25, 0.3) is 0 Å². The van der Waals surface area contributed by atoms with Crippen molar-refractivity contribution in [2.24, 2.45) is 0 Å². The summed E-state index contributed by atoms with van der Waals surface area (Å²) in [6.07, 6.45) is 15.5. The number of unbranched alkanes of at least 4 members (excludes halogenated alkanes) is 9. The Kier molecular flexibility index (Phi) is 23.2. The molecule has 1 rings (SSSR count). The van der Waals surface area contributed by atoms with Gasteiger partial charge in [0.2, 0.25) is 0 Å². The Morgan fingerprint density at radius 2 is 1.14 bits per heavy atom. The van der Waals surface area contributed by atoms with Crippen molar-refractivity contribution in [2.75, 3.05) is 0 Å². The average Bonchev–Trinajstić information content (AvgIpc) is 2.51. The molecule has 4 heteroatoms. The van der Waals surface area contributed by atoms with Crippen LogP contribution in [0.3, 0.4) is 0 Å². The molecule has 0 saturated carbocycles. The summed E-state index contributed by atoms with van der Waals surface area (Å²) in [6.45, 7) is 2.28. The van der Waals surface area contributed by atoms with Gasteiger partial charge in [0.05, 0.1) is 0 Å². The van der Waals surface area contributed by atoms with Crippen LogP contribution in [0.1, 0.15) is 76.7 Å². The van der Waals surface area contributed by atoms with Gasteiger partial charge in [-0.25, -0.2) is 0 Å². The van der Waals surface area contributed by atoms with E-state index >= 15 is 0 Å². The van der Waals surface area contributed by atoms with Crippen LogP contribution in [0, 0.1) is 0 Å². The molecule has 0 aromatic heterocycles. The van der Waals surface area contributed by atoms with Gasteiger partial charge < -0.3 is 0 Å². The zero-order valence-corrected chi connectivity index (χ0v) is 14.2. The molecule has 0 bridgehead atoms. The maximum atomic E-state index is 8.29. The van der Waals surface area contributed by atoms with Crippen molar-refractivity contribution in [1.82, 2.24) is 0 Å². The zero-order valence-electron chi connectivity index (χ0n) is 13.4. The van der Waals surface area contributed by atoms with Crippen molar-refractivity contribution in [3.63, 3.8) is 0 Å². The third-order valence-corrected chi connectivity index (χ3v) is 3.66. The number of hydrogen-bond donors (Lipinski definition) is 0. The van der Waals surface area contributed by atoms with Crippen LogP contribution >= 0.6 is 0 Å². The molecule has 0 radical (unpaired) electrons. The van der Waals surface area contributed by atoms with E-state index < -0.39 is 11.6 Å².